The zero-order valence-corrected chi connectivity index (χ0v) is 14.2. The summed E-state index contributed by atoms with van der Waals surface area (Å²) in [4.78, 5) is 4.14. The van der Waals surface area contributed by atoms with Crippen LogP contribution in [-0.2, 0) is 6.54 Å². The molecule has 0 radical (unpaired) electrons. The first-order valence-electron chi connectivity index (χ1n) is 7.15. The molecule has 0 spiro atoms. The molecule has 6 nitrogen and oxygen atoms in total. The number of H-pyrrole nitrogens is 1. The van der Waals surface area contributed by atoms with E-state index in [0.717, 1.165) is 22.8 Å². The molecule has 2 heterocycles. The van der Waals surface area contributed by atoms with Gasteiger partial charge in [0.15, 0.2) is 0 Å². The topological polar surface area (TPSA) is 71.4 Å². The molecule has 0 unspecified atom stereocenters. The highest BCUT2D eigenvalue weighted by Gasteiger charge is 2.16. The lowest BCUT2D eigenvalue weighted by Crippen LogP contribution is -2.19. The Kier molecular flexibility index (Phi) is 4.66. The first-order chi connectivity index (χ1) is 11.1. The molecule has 0 aliphatic heterocycles. The largest absolute Gasteiger partial charge is 0.303 e. The van der Waals surface area contributed by atoms with Gasteiger partial charge in [0, 0.05) is 17.1 Å². The van der Waals surface area contributed by atoms with E-state index in [4.69, 9.17) is 23.2 Å². The Bertz CT molecular complexity index is 796. The van der Waals surface area contributed by atoms with Gasteiger partial charge in [-0.25, -0.2) is 9.67 Å². The molecule has 0 aliphatic carbocycles. The van der Waals surface area contributed by atoms with E-state index in [9.17, 15) is 0 Å². The van der Waals surface area contributed by atoms with Gasteiger partial charge in [0.2, 0.25) is 0 Å². The van der Waals surface area contributed by atoms with Crippen LogP contribution in [0.4, 0.5) is 0 Å². The summed E-state index contributed by atoms with van der Waals surface area (Å²) in [5, 5.41) is 15.8. The van der Waals surface area contributed by atoms with Gasteiger partial charge >= 0.3 is 0 Å². The highest BCUT2D eigenvalue weighted by Crippen LogP contribution is 2.25. The van der Waals surface area contributed by atoms with Crippen LogP contribution < -0.4 is 5.32 Å². The number of hydrogen-bond acceptors (Lipinski definition) is 4. The fourth-order valence-electron chi connectivity index (χ4n) is 2.29. The fourth-order valence-corrected chi connectivity index (χ4v) is 2.81. The third-order valence-corrected chi connectivity index (χ3v) is 4.23. The number of benzene rings is 1. The molecule has 2 N–H and O–H groups in total. The lowest BCUT2D eigenvalue weighted by Gasteiger charge is -2.10. The average molecular weight is 351 g/mol. The van der Waals surface area contributed by atoms with Crippen LogP contribution >= 0.6 is 23.2 Å². The molecular weight excluding hydrogens is 335 g/mol. The van der Waals surface area contributed by atoms with Crippen LogP contribution in [-0.4, -0.2) is 25.0 Å². The zero-order chi connectivity index (χ0) is 16.4. The first-order valence-corrected chi connectivity index (χ1v) is 7.90. The standard InChI is InChI=1S/C15H16Cl2N6/c1-9-13(7-18-10(2)15-19-8-20-21-15)14(17)23(22-9)12-5-3-4-11(16)6-12/h3-6,8,10,18H,7H2,1-2H3,(H,19,20,21)/t10-/m0/s1. The number of rotatable bonds is 5. The molecule has 8 heteroatoms. The summed E-state index contributed by atoms with van der Waals surface area (Å²) >= 11 is 12.5. The van der Waals surface area contributed by atoms with Crippen molar-refractivity contribution >= 4 is 23.2 Å². The maximum atomic E-state index is 6.51. The van der Waals surface area contributed by atoms with E-state index in [0.29, 0.717) is 16.7 Å². The van der Waals surface area contributed by atoms with Gasteiger partial charge < -0.3 is 5.32 Å². The summed E-state index contributed by atoms with van der Waals surface area (Å²) in [6, 6.07) is 7.46. The van der Waals surface area contributed by atoms with Gasteiger partial charge in [-0.1, -0.05) is 29.3 Å². The van der Waals surface area contributed by atoms with Crippen molar-refractivity contribution in [3.05, 3.63) is 57.9 Å². The summed E-state index contributed by atoms with van der Waals surface area (Å²) in [6.45, 7) is 4.52. The number of aromatic amines is 1. The highest BCUT2D eigenvalue weighted by molar-refractivity contribution is 6.31. The fraction of sp³-hybridized carbons (Fsp3) is 0.267. The monoisotopic (exact) mass is 350 g/mol. The van der Waals surface area contributed by atoms with Crippen molar-refractivity contribution in [3.8, 4) is 5.69 Å². The first kappa shape index (κ1) is 16.0. The Labute approximate surface area is 143 Å². The summed E-state index contributed by atoms with van der Waals surface area (Å²) < 4.78 is 1.69. The number of nitrogens with zero attached hydrogens (tertiary/aromatic N) is 4. The number of aromatic nitrogens is 5. The molecule has 1 aromatic carbocycles. The average Bonchev–Trinajstić information content (AvgIpc) is 3.15. The van der Waals surface area contributed by atoms with Gasteiger partial charge in [-0.2, -0.15) is 10.2 Å². The van der Waals surface area contributed by atoms with Crippen molar-refractivity contribution in [2.75, 3.05) is 0 Å². The lowest BCUT2D eigenvalue weighted by atomic mass is 10.2. The normalized spacial score (nSPS) is 12.5. The van der Waals surface area contributed by atoms with Gasteiger partial charge in [-0.3, -0.25) is 5.10 Å². The van der Waals surface area contributed by atoms with Crippen LogP contribution in [0.25, 0.3) is 5.69 Å². The van der Waals surface area contributed by atoms with E-state index in [1.807, 2.05) is 38.1 Å². The lowest BCUT2D eigenvalue weighted by molar-refractivity contribution is 0.547. The maximum Gasteiger partial charge on any atom is 0.141 e. The zero-order valence-electron chi connectivity index (χ0n) is 12.7. The van der Waals surface area contributed by atoms with Crippen LogP contribution in [0.3, 0.4) is 0 Å². The Hall–Kier alpha value is -1.89. The molecular formula is C15H16Cl2N6. The Balaban J connectivity index is 1.81. The van der Waals surface area contributed by atoms with E-state index in [1.54, 1.807) is 4.68 Å². The minimum Gasteiger partial charge on any atom is -0.303 e. The minimum atomic E-state index is 0.0301. The predicted molar refractivity (Wildman–Crippen MR) is 90.0 cm³/mol. The van der Waals surface area contributed by atoms with Crippen LogP contribution in [0.5, 0.6) is 0 Å². The number of nitrogens with one attached hydrogen (secondary N) is 2. The third-order valence-electron chi connectivity index (χ3n) is 3.60. The molecule has 120 valence electrons. The second-order valence-corrected chi connectivity index (χ2v) is 6.01. The van der Waals surface area contributed by atoms with Gasteiger partial charge in [0.1, 0.15) is 17.3 Å². The van der Waals surface area contributed by atoms with E-state index in [-0.39, 0.29) is 6.04 Å². The molecule has 2 aromatic heterocycles. The number of halogens is 2. The van der Waals surface area contributed by atoms with Crippen molar-refractivity contribution in [2.24, 2.45) is 0 Å². The molecule has 3 aromatic rings. The molecule has 0 saturated carbocycles. The number of aryl methyl sites for hydroxylation is 1. The number of hydrogen-bond donors (Lipinski definition) is 2. The molecule has 0 bridgehead atoms. The Morgan fingerprint density at radius 3 is 2.87 bits per heavy atom. The van der Waals surface area contributed by atoms with Crippen molar-refractivity contribution in [3.63, 3.8) is 0 Å². The quantitative estimate of drug-likeness (QED) is 0.739. The van der Waals surface area contributed by atoms with Crippen molar-refractivity contribution < 1.29 is 0 Å². The van der Waals surface area contributed by atoms with E-state index < -0.39 is 0 Å². The van der Waals surface area contributed by atoms with Gasteiger partial charge in [-0.05, 0) is 32.0 Å². The van der Waals surface area contributed by atoms with Gasteiger partial charge in [0.05, 0.1) is 17.4 Å². The van der Waals surface area contributed by atoms with E-state index in [2.05, 4.69) is 25.6 Å². The summed E-state index contributed by atoms with van der Waals surface area (Å²) in [7, 11) is 0. The molecule has 0 fully saturated rings. The minimum absolute atomic E-state index is 0.0301. The van der Waals surface area contributed by atoms with Crippen molar-refractivity contribution in [1.82, 2.24) is 30.3 Å². The Morgan fingerprint density at radius 1 is 1.35 bits per heavy atom. The predicted octanol–water partition coefficient (Wildman–Crippen LogP) is 3.46. The molecule has 0 amide bonds. The van der Waals surface area contributed by atoms with E-state index >= 15 is 0 Å². The third kappa shape index (κ3) is 3.39. The van der Waals surface area contributed by atoms with Crippen molar-refractivity contribution in [1.29, 1.82) is 0 Å². The Morgan fingerprint density at radius 2 is 2.17 bits per heavy atom. The highest BCUT2D eigenvalue weighted by atomic mass is 35.5. The van der Waals surface area contributed by atoms with Crippen LogP contribution in [0.15, 0.2) is 30.6 Å². The van der Waals surface area contributed by atoms with E-state index in [1.165, 1.54) is 6.33 Å². The second-order valence-electron chi connectivity index (χ2n) is 5.22. The maximum absolute atomic E-state index is 6.51. The molecule has 0 saturated heterocycles. The van der Waals surface area contributed by atoms with Gasteiger partial charge in [-0.15, -0.1) is 0 Å². The van der Waals surface area contributed by atoms with Gasteiger partial charge in [0.25, 0.3) is 0 Å². The molecule has 1 atom stereocenters. The SMILES string of the molecule is Cc1nn(-c2cccc(Cl)c2)c(Cl)c1CN[C@@H](C)c1ncn[nH]1. The van der Waals surface area contributed by atoms with Crippen molar-refractivity contribution in [2.45, 2.75) is 26.4 Å². The van der Waals surface area contributed by atoms with Crippen LogP contribution in [0, 0.1) is 6.92 Å². The summed E-state index contributed by atoms with van der Waals surface area (Å²) in [5.74, 6) is 0.779. The molecule has 0 aliphatic rings. The molecule has 3 rings (SSSR count). The summed E-state index contributed by atoms with van der Waals surface area (Å²) in [5.41, 5.74) is 2.64. The smallest absolute Gasteiger partial charge is 0.141 e. The second kappa shape index (κ2) is 6.70. The molecule has 23 heavy (non-hydrogen) atoms. The summed E-state index contributed by atoms with van der Waals surface area (Å²) in [6.07, 6.45) is 1.49. The van der Waals surface area contributed by atoms with Crippen LogP contribution in [0.1, 0.15) is 30.0 Å². The van der Waals surface area contributed by atoms with Crippen LogP contribution in [0.2, 0.25) is 10.2 Å².